The van der Waals surface area contributed by atoms with Crippen molar-refractivity contribution in [2.24, 2.45) is 5.73 Å². The molecule has 3 N–H and O–H groups in total. The Bertz CT molecular complexity index is 1070. The zero-order chi connectivity index (χ0) is 20.3. The second-order valence-corrected chi connectivity index (χ2v) is 6.52. The van der Waals surface area contributed by atoms with Crippen LogP contribution in [0.1, 0.15) is 6.92 Å². The molecular weight excluding hydrogens is 382 g/mol. The van der Waals surface area contributed by atoms with Crippen LogP contribution >= 0.6 is 11.6 Å². The lowest BCUT2D eigenvalue weighted by atomic mass is 10.2. The Balaban J connectivity index is 2.07. The van der Waals surface area contributed by atoms with E-state index in [9.17, 15) is 14.4 Å². The van der Waals surface area contributed by atoms with Crippen LogP contribution < -0.4 is 16.7 Å². The van der Waals surface area contributed by atoms with Crippen molar-refractivity contribution in [1.29, 1.82) is 0 Å². The maximum Gasteiger partial charge on any atom is 0.351 e. The minimum absolute atomic E-state index is 0.299. The van der Waals surface area contributed by atoms with Crippen LogP contribution in [0, 0.1) is 0 Å². The normalized spacial score (nSPS) is 11.8. The zero-order valence-corrected chi connectivity index (χ0v) is 15.8. The van der Waals surface area contributed by atoms with Crippen molar-refractivity contribution in [3.8, 4) is 17.1 Å². The maximum atomic E-state index is 13.0. The average Bonchev–Trinajstić information content (AvgIpc) is 2.99. The highest BCUT2D eigenvalue weighted by atomic mass is 35.5. The largest absolute Gasteiger partial charge is 0.368 e. The van der Waals surface area contributed by atoms with E-state index in [1.807, 2.05) is 6.07 Å². The third-order valence-corrected chi connectivity index (χ3v) is 4.40. The second kappa shape index (κ2) is 8.10. The van der Waals surface area contributed by atoms with Gasteiger partial charge in [-0.05, 0) is 19.1 Å². The van der Waals surface area contributed by atoms with Gasteiger partial charge in [-0.3, -0.25) is 14.2 Å². The molecule has 2 aromatic carbocycles. The fraction of sp³-hybridized carbons (Fsp3) is 0.158. The number of halogens is 1. The molecule has 0 radical (unpaired) electrons. The number of primary amides is 1. The van der Waals surface area contributed by atoms with E-state index in [2.05, 4.69) is 10.4 Å². The molecule has 1 atom stereocenters. The first kappa shape index (κ1) is 19.4. The quantitative estimate of drug-likeness (QED) is 0.651. The van der Waals surface area contributed by atoms with Gasteiger partial charge in [0.15, 0.2) is 5.82 Å². The summed E-state index contributed by atoms with van der Waals surface area (Å²) in [4.78, 5) is 36.5. The molecule has 0 fully saturated rings. The topological polar surface area (TPSA) is 112 Å². The van der Waals surface area contributed by atoms with Gasteiger partial charge >= 0.3 is 5.69 Å². The fourth-order valence-electron chi connectivity index (χ4n) is 2.62. The monoisotopic (exact) mass is 399 g/mol. The van der Waals surface area contributed by atoms with Crippen LogP contribution in [0.15, 0.2) is 59.4 Å². The molecule has 0 saturated carbocycles. The first-order chi connectivity index (χ1) is 13.4. The standard InChI is InChI=1S/C19H18ClN5O3/c1-12(17(21)27)22-16(26)11-24-18(13-7-3-2-4-8-13)23-25(19(24)28)15-10-6-5-9-14(15)20/h2-10,12H,11H2,1H3,(H2,21,27)(H,22,26)/t12-/m0/s1. The molecule has 0 saturated heterocycles. The number of rotatable bonds is 6. The maximum absolute atomic E-state index is 13.0. The van der Waals surface area contributed by atoms with Gasteiger partial charge in [0.05, 0.1) is 10.7 Å². The number of carbonyl (C=O) groups is 2. The Kier molecular flexibility index (Phi) is 5.60. The molecular formula is C19H18ClN5O3. The zero-order valence-electron chi connectivity index (χ0n) is 15.0. The van der Waals surface area contributed by atoms with Gasteiger partial charge in [-0.2, -0.15) is 4.68 Å². The Morgan fingerprint density at radius 1 is 1.14 bits per heavy atom. The Labute approximate surface area is 165 Å². The van der Waals surface area contributed by atoms with E-state index in [0.29, 0.717) is 22.1 Å². The van der Waals surface area contributed by atoms with Crippen molar-refractivity contribution >= 4 is 23.4 Å². The number of nitrogens with two attached hydrogens (primary N) is 1. The minimum Gasteiger partial charge on any atom is -0.368 e. The summed E-state index contributed by atoms with van der Waals surface area (Å²) in [6.07, 6.45) is 0. The molecule has 28 heavy (non-hydrogen) atoms. The van der Waals surface area contributed by atoms with E-state index in [4.69, 9.17) is 17.3 Å². The molecule has 0 aliphatic rings. The molecule has 2 amide bonds. The third kappa shape index (κ3) is 3.96. The van der Waals surface area contributed by atoms with Gasteiger partial charge in [0.2, 0.25) is 11.8 Å². The summed E-state index contributed by atoms with van der Waals surface area (Å²) in [5.74, 6) is -0.910. The SMILES string of the molecule is C[C@H](NC(=O)Cn1c(-c2ccccc2)nn(-c2ccccc2Cl)c1=O)C(N)=O. The summed E-state index contributed by atoms with van der Waals surface area (Å²) in [6.45, 7) is 1.14. The number of benzene rings is 2. The number of hydrogen-bond acceptors (Lipinski definition) is 4. The number of carbonyl (C=O) groups excluding carboxylic acids is 2. The van der Waals surface area contributed by atoms with E-state index in [-0.39, 0.29) is 6.54 Å². The van der Waals surface area contributed by atoms with E-state index >= 15 is 0 Å². The number of aromatic nitrogens is 3. The lowest BCUT2D eigenvalue weighted by Crippen LogP contribution is -2.44. The molecule has 8 nitrogen and oxygen atoms in total. The summed E-state index contributed by atoms with van der Waals surface area (Å²) in [7, 11) is 0. The molecule has 9 heteroatoms. The van der Waals surface area contributed by atoms with Gasteiger partial charge in [0.1, 0.15) is 12.6 Å². The third-order valence-electron chi connectivity index (χ3n) is 4.08. The predicted octanol–water partition coefficient (Wildman–Crippen LogP) is 1.34. The minimum atomic E-state index is -0.859. The number of amides is 2. The van der Waals surface area contributed by atoms with Crippen molar-refractivity contribution in [3.05, 3.63) is 70.1 Å². The Morgan fingerprint density at radius 2 is 1.79 bits per heavy atom. The molecule has 0 spiro atoms. The fourth-order valence-corrected chi connectivity index (χ4v) is 2.84. The van der Waals surface area contributed by atoms with E-state index < -0.39 is 23.5 Å². The Hall–Kier alpha value is -3.39. The molecule has 3 aromatic rings. The molecule has 144 valence electrons. The smallest absolute Gasteiger partial charge is 0.351 e. The van der Waals surface area contributed by atoms with Crippen molar-refractivity contribution < 1.29 is 9.59 Å². The summed E-state index contributed by atoms with van der Waals surface area (Å²) >= 11 is 6.21. The first-order valence-electron chi connectivity index (χ1n) is 8.47. The lowest BCUT2D eigenvalue weighted by molar-refractivity contribution is -0.127. The van der Waals surface area contributed by atoms with Crippen molar-refractivity contribution in [2.45, 2.75) is 19.5 Å². The van der Waals surface area contributed by atoms with E-state index in [1.54, 1.807) is 48.5 Å². The average molecular weight is 400 g/mol. The first-order valence-corrected chi connectivity index (χ1v) is 8.85. The number of nitrogens with one attached hydrogen (secondary N) is 1. The molecule has 0 unspecified atom stereocenters. The molecule has 1 heterocycles. The molecule has 0 aliphatic carbocycles. The number of hydrogen-bond donors (Lipinski definition) is 2. The highest BCUT2D eigenvalue weighted by Gasteiger charge is 2.21. The van der Waals surface area contributed by atoms with Gasteiger partial charge in [0, 0.05) is 5.56 Å². The molecule has 3 rings (SSSR count). The van der Waals surface area contributed by atoms with Crippen LogP contribution in [0.3, 0.4) is 0 Å². The van der Waals surface area contributed by atoms with Gasteiger partial charge in [-0.15, -0.1) is 5.10 Å². The molecule has 0 bridgehead atoms. The second-order valence-electron chi connectivity index (χ2n) is 6.11. The summed E-state index contributed by atoms with van der Waals surface area (Å²) in [5.41, 5.74) is 5.69. The Morgan fingerprint density at radius 3 is 2.43 bits per heavy atom. The number of para-hydroxylation sites is 1. The van der Waals surface area contributed by atoms with E-state index in [0.717, 1.165) is 4.68 Å². The van der Waals surface area contributed by atoms with Gasteiger partial charge in [0.25, 0.3) is 0 Å². The van der Waals surface area contributed by atoms with Crippen LogP contribution in [0.2, 0.25) is 5.02 Å². The summed E-state index contributed by atoms with van der Waals surface area (Å²) in [5, 5.41) is 7.20. The van der Waals surface area contributed by atoms with E-state index in [1.165, 1.54) is 11.5 Å². The summed E-state index contributed by atoms with van der Waals surface area (Å²) in [6, 6.07) is 14.9. The van der Waals surface area contributed by atoms with Crippen LogP contribution in [0.4, 0.5) is 0 Å². The van der Waals surface area contributed by atoms with Gasteiger partial charge in [-0.25, -0.2) is 4.79 Å². The van der Waals surface area contributed by atoms with Crippen molar-refractivity contribution in [2.75, 3.05) is 0 Å². The highest BCUT2D eigenvalue weighted by molar-refractivity contribution is 6.32. The van der Waals surface area contributed by atoms with Crippen LogP contribution in [0.25, 0.3) is 17.1 Å². The van der Waals surface area contributed by atoms with Crippen LogP contribution in [-0.4, -0.2) is 32.2 Å². The van der Waals surface area contributed by atoms with Gasteiger partial charge < -0.3 is 11.1 Å². The van der Waals surface area contributed by atoms with Crippen LogP contribution in [0.5, 0.6) is 0 Å². The lowest BCUT2D eigenvalue weighted by Gasteiger charge is -2.11. The van der Waals surface area contributed by atoms with Crippen molar-refractivity contribution in [3.63, 3.8) is 0 Å². The molecule has 1 aromatic heterocycles. The summed E-state index contributed by atoms with van der Waals surface area (Å²) < 4.78 is 2.37. The highest BCUT2D eigenvalue weighted by Crippen LogP contribution is 2.20. The molecule has 0 aliphatic heterocycles. The van der Waals surface area contributed by atoms with Gasteiger partial charge in [-0.1, -0.05) is 54.1 Å². The number of nitrogens with zero attached hydrogens (tertiary/aromatic N) is 3. The van der Waals surface area contributed by atoms with Crippen molar-refractivity contribution in [1.82, 2.24) is 19.7 Å². The van der Waals surface area contributed by atoms with Crippen LogP contribution in [-0.2, 0) is 16.1 Å². The predicted molar refractivity (Wildman–Crippen MR) is 105 cm³/mol.